The summed E-state index contributed by atoms with van der Waals surface area (Å²) in [4.78, 5) is 13.4. The van der Waals surface area contributed by atoms with Crippen LogP contribution in [0.5, 0.6) is 0 Å². The van der Waals surface area contributed by atoms with Crippen LogP contribution in [0.25, 0.3) is 0 Å². The summed E-state index contributed by atoms with van der Waals surface area (Å²) in [5.41, 5.74) is 1.00. The van der Waals surface area contributed by atoms with Crippen molar-refractivity contribution in [1.82, 2.24) is 14.9 Å². The van der Waals surface area contributed by atoms with Crippen LogP contribution in [-0.2, 0) is 0 Å². The van der Waals surface area contributed by atoms with Crippen LogP contribution in [0.1, 0.15) is 25.5 Å². The molecule has 2 heterocycles. The van der Waals surface area contributed by atoms with Crippen LogP contribution >= 0.6 is 0 Å². The van der Waals surface area contributed by atoms with E-state index in [1.54, 1.807) is 0 Å². The van der Waals surface area contributed by atoms with Crippen molar-refractivity contribution in [2.45, 2.75) is 32.7 Å². The minimum Gasteiger partial charge on any atom is -0.367 e. The van der Waals surface area contributed by atoms with E-state index in [1.807, 2.05) is 32.0 Å². The Hall–Kier alpha value is -1.36. The highest BCUT2D eigenvalue weighted by molar-refractivity contribution is 5.43. The fourth-order valence-corrected chi connectivity index (χ4v) is 2.71. The van der Waals surface area contributed by atoms with Crippen molar-refractivity contribution < 1.29 is 0 Å². The zero-order valence-corrected chi connectivity index (χ0v) is 13.3. The number of piperidine rings is 1. The normalized spacial score (nSPS) is 18.9. The van der Waals surface area contributed by atoms with Crippen LogP contribution < -0.4 is 10.2 Å². The van der Waals surface area contributed by atoms with Gasteiger partial charge in [-0.2, -0.15) is 4.98 Å². The summed E-state index contributed by atoms with van der Waals surface area (Å²) < 4.78 is 0. The van der Waals surface area contributed by atoms with E-state index < -0.39 is 0 Å². The van der Waals surface area contributed by atoms with Gasteiger partial charge in [-0.1, -0.05) is 0 Å². The number of anilines is 2. The largest absolute Gasteiger partial charge is 0.367 e. The monoisotopic (exact) mass is 277 g/mol. The van der Waals surface area contributed by atoms with Gasteiger partial charge in [0.2, 0.25) is 5.95 Å². The van der Waals surface area contributed by atoms with Crippen molar-refractivity contribution in [1.29, 1.82) is 0 Å². The Morgan fingerprint density at radius 1 is 1.30 bits per heavy atom. The predicted molar refractivity (Wildman–Crippen MR) is 84.4 cm³/mol. The maximum atomic E-state index is 4.58. The smallest absolute Gasteiger partial charge is 0.226 e. The lowest BCUT2D eigenvalue weighted by molar-refractivity contribution is 0.208. The Labute approximate surface area is 122 Å². The minimum atomic E-state index is 0.452. The molecule has 5 nitrogen and oxygen atoms in total. The molecule has 0 aliphatic carbocycles. The summed E-state index contributed by atoms with van der Waals surface area (Å²) in [6, 6.07) is 2.48. The van der Waals surface area contributed by atoms with Gasteiger partial charge < -0.3 is 15.1 Å². The third-order valence-corrected chi connectivity index (χ3v) is 4.09. The topological polar surface area (TPSA) is 44.3 Å². The molecule has 0 saturated carbocycles. The number of nitrogens with zero attached hydrogens (tertiary/aromatic N) is 4. The van der Waals surface area contributed by atoms with E-state index in [1.165, 1.54) is 25.9 Å². The van der Waals surface area contributed by atoms with Gasteiger partial charge in [0, 0.05) is 31.9 Å². The van der Waals surface area contributed by atoms with E-state index in [-0.39, 0.29) is 0 Å². The zero-order chi connectivity index (χ0) is 14.7. The van der Waals surface area contributed by atoms with Gasteiger partial charge in [-0.15, -0.1) is 0 Å². The molecule has 0 aromatic carbocycles. The third kappa shape index (κ3) is 3.82. The molecule has 0 amide bonds. The first-order valence-corrected chi connectivity index (χ1v) is 7.44. The van der Waals surface area contributed by atoms with Gasteiger partial charge in [0.05, 0.1) is 0 Å². The fraction of sp³-hybridized carbons (Fsp3) is 0.733. The van der Waals surface area contributed by atoms with E-state index in [0.717, 1.165) is 23.4 Å². The molecular formula is C15H27N5. The fourth-order valence-electron chi connectivity index (χ4n) is 2.71. The molecule has 1 aliphatic rings. The number of rotatable bonds is 4. The second-order valence-corrected chi connectivity index (χ2v) is 6.16. The van der Waals surface area contributed by atoms with E-state index in [0.29, 0.717) is 6.04 Å². The molecule has 112 valence electrons. The molecule has 1 fully saturated rings. The van der Waals surface area contributed by atoms with Crippen molar-refractivity contribution in [2.24, 2.45) is 5.92 Å². The van der Waals surface area contributed by atoms with Gasteiger partial charge in [0.25, 0.3) is 0 Å². The Balaban J connectivity index is 2.02. The molecule has 1 N–H and O–H groups in total. The molecular weight excluding hydrogens is 250 g/mol. The van der Waals surface area contributed by atoms with Gasteiger partial charge in [-0.3, -0.25) is 0 Å². The molecule has 1 atom stereocenters. The summed E-state index contributed by atoms with van der Waals surface area (Å²) in [5.74, 6) is 2.43. The molecule has 5 heteroatoms. The molecule has 1 unspecified atom stereocenters. The average Bonchev–Trinajstić information content (AvgIpc) is 2.38. The Morgan fingerprint density at radius 3 is 2.55 bits per heavy atom. The quantitative estimate of drug-likeness (QED) is 0.912. The first kappa shape index (κ1) is 15.0. The molecule has 1 aromatic rings. The highest BCUT2D eigenvalue weighted by Gasteiger charge is 2.22. The molecule has 1 aliphatic heterocycles. The Bertz CT molecular complexity index is 438. The van der Waals surface area contributed by atoms with Crippen LogP contribution in [0.2, 0.25) is 0 Å². The number of hydrogen-bond donors (Lipinski definition) is 1. The van der Waals surface area contributed by atoms with E-state index >= 15 is 0 Å². The van der Waals surface area contributed by atoms with Crippen molar-refractivity contribution in [3.63, 3.8) is 0 Å². The average molecular weight is 277 g/mol. The van der Waals surface area contributed by atoms with Crippen LogP contribution in [0, 0.1) is 12.8 Å². The van der Waals surface area contributed by atoms with Crippen molar-refractivity contribution in [2.75, 3.05) is 44.4 Å². The third-order valence-electron chi connectivity index (χ3n) is 4.09. The highest BCUT2D eigenvalue weighted by atomic mass is 15.2. The lowest BCUT2D eigenvalue weighted by atomic mass is 9.90. The number of aryl methyl sites for hydroxylation is 1. The van der Waals surface area contributed by atoms with Gasteiger partial charge in [-0.05, 0) is 52.7 Å². The van der Waals surface area contributed by atoms with Gasteiger partial charge in [-0.25, -0.2) is 4.98 Å². The molecule has 20 heavy (non-hydrogen) atoms. The van der Waals surface area contributed by atoms with E-state index in [2.05, 4.69) is 34.2 Å². The maximum Gasteiger partial charge on any atom is 0.226 e. The molecule has 2 rings (SSSR count). The van der Waals surface area contributed by atoms with E-state index in [9.17, 15) is 0 Å². The molecule has 0 spiro atoms. The number of nitrogens with one attached hydrogen (secondary N) is 1. The molecule has 1 saturated heterocycles. The summed E-state index contributed by atoms with van der Waals surface area (Å²) in [6.07, 6.45) is 2.52. The maximum absolute atomic E-state index is 4.58. The van der Waals surface area contributed by atoms with Gasteiger partial charge >= 0.3 is 0 Å². The van der Waals surface area contributed by atoms with Crippen LogP contribution in [0.3, 0.4) is 0 Å². The van der Waals surface area contributed by atoms with Gasteiger partial charge in [0.15, 0.2) is 0 Å². The Kier molecular flexibility index (Phi) is 4.81. The minimum absolute atomic E-state index is 0.452. The molecule has 0 radical (unpaired) electrons. The van der Waals surface area contributed by atoms with Gasteiger partial charge in [0.1, 0.15) is 5.82 Å². The zero-order valence-electron chi connectivity index (χ0n) is 13.3. The summed E-state index contributed by atoms with van der Waals surface area (Å²) in [7, 11) is 6.14. The lowest BCUT2D eigenvalue weighted by Gasteiger charge is -2.33. The van der Waals surface area contributed by atoms with Crippen molar-refractivity contribution in [3.8, 4) is 0 Å². The second-order valence-electron chi connectivity index (χ2n) is 6.16. The Morgan fingerprint density at radius 2 is 1.95 bits per heavy atom. The summed E-state index contributed by atoms with van der Waals surface area (Å²) >= 11 is 0. The first-order chi connectivity index (χ1) is 9.45. The van der Waals surface area contributed by atoms with Crippen molar-refractivity contribution in [3.05, 3.63) is 11.8 Å². The second kappa shape index (κ2) is 6.39. The predicted octanol–water partition coefficient (Wildman–Crippen LogP) is 1.99. The number of aromatic nitrogens is 2. The summed E-state index contributed by atoms with van der Waals surface area (Å²) in [5, 5.41) is 3.57. The van der Waals surface area contributed by atoms with E-state index in [4.69, 9.17) is 0 Å². The van der Waals surface area contributed by atoms with Crippen molar-refractivity contribution >= 4 is 11.8 Å². The van der Waals surface area contributed by atoms with Crippen LogP contribution in [0.15, 0.2) is 6.07 Å². The summed E-state index contributed by atoms with van der Waals surface area (Å²) in [6.45, 7) is 6.67. The molecule has 0 bridgehead atoms. The highest BCUT2D eigenvalue weighted by Crippen LogP contribution is 2.22. The molecule has 1 aromatic heterocycles. The number of likely N-dealkylation sites (tertiary alicyclic amines) is 1. The lowest BCUT2D eigenvalue weighted by Crippen LogP contribution is -2.37. The standard InChI is InChI=1S/C15H27N5/c1-11-10-14(18-15(16-11)19(3)4)17-12(2)13-6-8-20(5)9-7-13/h10,12-13H,6-9H2,1-5H3,(H,16,17,18). The van der Waals surface area contributed by atoms with Crippen LogP contribution in [0.4, 0.5) is 11.8 Å². The first-order valence-electron chi connectivity index (χ1n) is 7.44. The van der Waals surface area contributed by atoms with Crippen LogP contribution in [-0.4, -0.2) is 55.1 Å². The number of hydrogen-bond acceptors (Lipinski definition) is 5. The SMILES string of the molecule is Cc1cc(NC(C)C2CCN(C)CC2)nc(N(C)C)n1.